The molecule has 1 aliphatic rings. The van der Waals surface area contributed by atoms with Crippen LogP contribution in [0.3, 0.4) is 0 Å². The van der Waals surface area contributed by atoms with Crippen molar-refractivity contribution in [2.24, 2.45) is 5.92 Å². The van der Waals surface area contributed by atoms with E-state index in [0.717, 1.165) is 51.6 Å². The summed E-state index contributed by atoms with van der Waals surface area (Å²) in [6.07, 6.45) is 6.42. The summed E-state index contributed by atoms with van der Waals surface area (Å²) >= 11 is 0. The second-order valence-electron chi connectivity index (χ2n) is 6.18. The molecule has 1 heterocycles. The van der Waals surface area contributed by atoms with Crippen molar-refractivity contribution in [3.05, 3.63) is 0 Å². The van der Waals surface area contributed by atoms with E-state index in [2.05, 4.69) is 26.1 Å². The molecule has 0 radical (unpaired) electrons. The second kappa shape index (κ2) is 8.98. The van der Waals surface area contributed by atoms with Gasteiger partial charge in [-0.2, -0.15) is 0 Å². The first-order chi connectivity index (χ1) is 9.56. The number of hydrogen-bond donors (Lipinski definition) is 1. The first kappa shape index (κ1) is 17.0. The fraction of sp³-hybridized carbons (Fsp3) is 0.875. The third-order valence-corrected chi connectivity index (χ3v) is 3.88. The number of rotatable bonds is 8. The lowest BCUT2D eigenvalue weighted by molar-refractivity contribution is -0.138. The van der Waals surface area contributed by atoms with Crippen LogP contribution in [0.5, 0.6) is 0 Å². The van der Waals surface area contributed by atoms with E-state index in [-0.39, 0.29) is 17.9 Å². The minimum atomic E-state index is -0.224. The average Bonchev–Trinajstić information content (AvgIpc) is 2.87. The normalized spacial score (nSPS) is 18.6. The molecule has 0 saturated carbocycles. The fourth-order valence-electron chi connectivity index (χ4n) is 2.65. The molecule has 0 aromatic heterocycles. The van der Waals surface area contributed by atoms with Crippen molar-refractivity contribution in [3.8, 4) is 0 Å². The SMILES string of the molecule is CCCCNC(=O)C1CCCN1C(=O)CCCC(C)C. The van der Waals surface area contributed by atoms with E-state index in [1.807, 2.05) is 0 Å². The van der Waals surface area contributed by atoms with Gasteiger partial charge in [0.15, 0.2) is 0 Å². The van der Waals surface area contributed by atoms with E-state index >= 15 is 0 Å². The maximum atomic E-state index is 12.2. The van der Waals surface area contributed by atoms with Crippen LogP contribution in [0.1, 0.15) is 65.7 Å². The van der Waals surface area contributed by atoms with Gasteiger partial charge in [-0.1, -0.05) is 33.6 Å². The van der Waals surface area contributed by atoms with Crippen LogP contribution in [0.25, 0.3) is 0 Å². The highest BCUT2D eigenvalue weighted by Crippen LogP contribution is 2.19. The number of carbonyl (C=O) groups excluding carboxylic acids is 2. The van der Waals surface area contributed by atoms with Gasteiger partial charge in [-0.25, -0.2) is 0 Å². The van der Waals surface area contributed by atoms with Crippen molar-refractivity contribution in [2.75, 3.05) is 13.1 Å². The first-order valence-corrected chi connectivity index (χ1v) is 8.13. The molecule has 1 N–H and O–H groups in total. The predicted octanol–water partition coefficient (Wildman–Crippen LogP) is 2.72. The van der Waals surface area contributed by atoms with Crippen molar-refractivity contribution >= 4 is 11.8 Å². The van der Waals surface area contributed by atoms with Crippen LogP contribution in [-0.2, 0) is 9.59 Å². The zero-order valence-corrected chi connectivity index (χ0v) is 13.3. The number of unbranched alkanes of at least 4 members (excludes halogenated alkanes) is 1. The lowest BCUT2D eigenvalue weighted by atomic mass is 10.1. The van der Waals surface area contributed by atoms with Gasteiger partial charge in [-0.05, 0) is 31.6 Å². The Balaban J connectivity index is 2.39. The maximum Gasteiger partial charge on any atom is 0.242 e. The summed E-state index contributed by atoms with van der Waals surface area (Å²) in [5.74, 6) is 0.821. The van der Waals surface area contributed by atoms with Crippen LogP contribution < -0.4 is 5.32 Å². The number of carbonyl (C=O) groups is 2. The molecule has 4 heteroatoms. The molecule has 0 bridgehead atoms. The summed E-state index contributed by atoms with van der Waals surface area (Å²) in [6.45, 7) is 7.91. The third-order valence-electron chi connectivity index (χ3n) is 3.88. The van der Waals surface area contributed by atoms with Crippen molar-refractivity contribution in [1.82, 2.24) is 10.2 Å². The molecule has 1 unspecified atom stereocenters. The molecule has 1 atom stereocenters. The van der Waals surface area contributed by atoms with Crippen LogP contribution in [0.4, 0.5) is 0 Å². The molecule has 116 valence electrons. The van der Waals surface area contributed by atoms with Crippen molar-refractivity contribution in [3.63, 3.8) is 0 Å². The summed E-state index contributed by atoms with van der Waals surface area (Å²) in [5, 5.41) is 2.95. The molecule has 1 fully saturated rings. The standard InChI is InChI=1S/C16H30N2O2/c1-4-5-11-17-16(20)14-9-7-12-18(14)15(19)10-6-8-13(2)3/h13-14H,4-12H2,1-3H3,(H,17,20). The van der Waals surface area contributed by atoms with Crippen LogP contribution in [-0.4, -0.2) is 35.8 Å². The topological polar surface area (TPSA) is 49.4 Å². The Bertz CT molecular complexity index is 316. The van der Waals surface area contributed by atoms with Gasteiger partial charge < -0.3 is 10.2 Å². The molecular formula is C16H30N2O2. The van der Waals surface area contributed by atoms with Gasteiger partial charge in [0, 0.05) is 19.5 Å². The summed E-state index contributed by atoms with van der Waals surface area (Å²) < 4.78 is 0. The molecule has 0 aliphatic carbocycles. The zero-order chi connectivity index (χ0) is 15.0. The van der Waals surface area contributed by atoms with Gasteiger partial charge in [0.1, 0.15) is 6.04 Å². The van der Waals surface area contributed by atoms with Crippen LogP contribution in [0.2, 0.25) is 0 Å². The Hall–Kier alpha value is -1.06. The van der Waals surface area contributed by atoms with E-state index in [9.17, 15) is 9.59 Å². The maximum absolute atomic E-state index is 12.2. The number of nitrogens with one attached hydrogen (secondary N) is 1. The van der Waals surface area contributed by atoms with Crippen molar-refractivity contribution in [1.29, 1.82) is 0 Å². The third kappa shape index (κ3) is 5.51. The zero-order valence-electron chi connectivity index (χ0n) is 13.3. The van der Waals surface area contributed by atoms with Gasteiger partial charge in [0.05, 0.1) is 0 Å². The van der Waals surface area contributed by atoms with Gasteiger partial charge >= 0.3 is 0 Å². The van der Waals surface area contributed by atoms with E-state index in [4.69, 9.17) is 0 Å². The first-order valence-electron chi connectivity index (χ1n) is 8.13. The van der Waals surface area contributed by atoms with Crippen LogP contribution >= 0.6 is 0 Å². The van der Waals surface area contributed by atoms with E-state index in [0.29, 0.717) is 12.3 Å². The highest BCUT2D eigenvalue weighted by atomic mass is 16.2. The Morgan fingerprint density at radius 3 is 2.70 bits per heavy atom. The molecule has 4 nitrogen and oxygen atoms in total. The summed E-state index contributed by atoms with van der Waals surface area (Å²) in [6, 6.07) is -0.224. The number of likely N-dealkylation sites (tertiary alicyclic amines) is 1. The molecular weight excluding hydrogens is 252 g/mol. The minimum absolute atomic E-state index is 0.0353. The van der Waals surface area contributed by atoms with Gasteiger partial charge in [0.2, 0.25) is 11.8 Å². The monoisotopic (exact) mass is 282 g/mol. The summed E-state index contributed by atoms with van der Waals surface area (Å²) in [5.41, 5.74) is 0. The average molecular weight is 282 g/mol. The highest BCUT2D eigenvalue weighted by molar-refractivity contribution is 5.88. The lowest BCUT2D eigenvalue weighted by Gasteiger charge is -2.24. The van der Waals surface area contributed by atoms with Crippen molar-refractivity contribution in [2.45, 2.75) is 71.8 Å². The number of hydrogen-bond acceptors (Lipinski definition) is 2. The number of amides is 2. The van der Waals surface area contributed by atoms with E-state index in [1.54, 1.807) is 4.90 Å². The Labute approximate surface area is 123 Å². The fourth-order valence-corrected chi connectivity index (χ4v) is 2.65. The molecule has 0 aromatic carbocycles. The predicted molar refractivity (Wildman–Crippen MR) is 81.3 cm³/mol. The van der Waals surface area contributed by atoms with E-state index in [1.165, 1.54) is 0 Å². The molecule has 1 aliphatic heterocycles. The molecule has 1 saturated heterocycles. The molecule has 0 aromatic rings. The Morgan fingerprint density at radius 2 is 2.05 bits per heavy atom. The quantitative estimate of drug-likeness (QED) is 0.696. The largest absolute Gasteiger partial charge is 0.354 e. The van der Waals surface area contributed by atoms with Gasteiger partial charge in [-0.3, -0.25) is 9.59 Å². The van der Waals surface area contributed by atoms with Crippen molar-refractivity contribution < 1.29 is 9.59 Å². The summed E-state index contributed by atoms with van der Waals surface area (Å²) in [7, 11) is 0. The van der Waals surface area contributed by atoms with E-state index < -0.39 is 0 Å². The second-order valence-corrected chi connectivity index (χ2v) is 6.18. The molecule has 2 amide bonds. The smallest absolute Gasteiger partial charge is 0.242 e. The summed E-state index contributed by atoms with van der Waals surface area (Å²) in [4.78, 5) is 26.1. The Morgan fingerprint density at radius 1 is 1.30 bits per heavy atom. The molecule has 20 heavy (non-hydrogen) atoms. The van der Waals surface area contributed by atoms with Crippen LogP contribution in [0.15, 0.2) is 0 Å². The van der Waals surface area contributed by atoms with Gasteiger partial charge in [-0.15, -0.1) is 0 Å². The Kier molecular flexibility index (Phi) is 7.63. The lowest BCUT2D eigenvalue weighted by Crippen LogP contribution is -2.46. The molecule has 1 rings (SSSR count). The van der Waals surface area contributed by atoms with Gasteiger partial charge in [0.25, 0.3) is 0 Å². The molecule has 0 spiro atoms. The van der Waals surface area contributed by atoms with Crippen LogP contribution in [0, 0.1) is 5.92 Å². The number of nitrogens with zero attached hydrogens (tertiary/aromatic N) is 1. The highest BCUT2D eigenvalue weighted by Gasteiger charge is 2.33. The minimum Gasteiger partial charge on any atom is -0.354 e.